The number of sulfonamides is 1. The zero-order valence-corrected chi connectivity index (χ0v) is 22.3. The second kappa shape index (κ2) is 11.7. The normalized spacial score (nSPS) is 14.3. The van der Waals surface area contributed by atoms with Crippen LogP contribution in [0.2, 0.25) is 0 Å². The van der Waals surface area contributed by atoms with Crippen molar-refractivity contribution in [3.8, 4) is 22.6 Å². The molecule has 1 amide bonds. The molecule has 3 aromatic rings. The Hall–Kier alpha value is -3.56. The Bertz CT molecular complexity index is 1330. The van der Waals surface area contributed by atoms with E-state index in [0.717, 1.165) is 72.9 Å². The van der Waals surface area contributed by atoms with Crippen molar-refractivity contribution in [1.82, 2.24) is 9.62 Å². The highest BCUT2D eigenvalue weighted by Crippen LogP contribution is 2.30. The molecule has 1 heterocycles. The maximum Gasteiger partial charge on any atom is 0.264 e. The molecule has 1 fully saturated rings. The highest BCUT2D eigenvalue weighted by atomic mass is 32.2. The van der Waals surface area contributed by atoms with Gasteiger partial charge in [0.25, 0.3) is 5.91 Å². The molecular formula is C28H33N3O5S. The first kappa shape index (κ1) is 26.5. The second-order valence-electron chi connectivity index (χ2n) is 9.00. The Balaban J connectivity index is 1.36. The van der Waals surface area contributed by atoms with Gasteiger partial charge in [-0.3, -0.25) is 9.69 Å². The van der Waals surface area contributed by atoms with Gasteiger partial charge in [-0.1, -0.05) is 24.3 Å². The van der Waals surface area contributed by atoms with Crippen molar-refractivity contribution in [1.29, 1.82) is 0 Å². The fraction of sp³-hybridized carbons (Fsp3) is 0.321. The number of piperazine rings is 1. The predicted octanol–water partition coefficient (Wildman–Crippen LogP) is 3.77. The van der Waals surface area contributed by atoms with Crippen LogP contribution in [0.15, 0.2) is 66.7 Å². The first-order valence-electron chi connectivity index (χ1n) is 12.3. The van der Waals surface area contributed by atoms with E-state index in [0.29, 0.717) is 12.2 Å². The van der Waals surface area contributed by atoms with Gasteiger partial charge in [0.05, 0.1) is 20.0 Å². The number of hydrogen-bond donors (Lipinski definition) is 1. The van der Waals surface area contributed by atoms with Crippen LogP contribution in [0.3, 0.4) is 0 Å². The SMILES string of the molecule is CCOc1cccc(-c2ccc(CN3CCN(c4ccc(C(=O)NS(C)(=O)=O)cc4)CC3)c(OC)c2)c1. The summed E-state index contributed by atoms with van der Waals surface area (Å²) >= 11 is 0. The number of ether oxygens (including phenoxy) is 2. The number of benzene rings is 3. The summed E-state index contributed by atoms with van der Waals surface area (Å²) < 4.78 is 36.0. The molecule has 0 spiro atoms. The molecule has 1 aliphatic rings. The zero-order valence-electron chi connectivity index (χ0n) is 21.4. The van der Waals surface area contributed by atoms with Crippen LogP contribution in [-0.2, 0) is 16.6 Å². The molecule has 0 bridgehead atoms. The zero-order chi connectivity index (χ0) is 26.4. The molecule has 9 heteroatoms. The van der Waals surface area contributed by atoms with Crippen molar-refractivity contribution < 1.29 is 22.7 Å². The van der Waals surface area contributed by atoms with E-state index in [-0.39, 0.29) is 0 Å². The molecule has 0 radical (unpaired) electrons. The van der Waals surface area contributed by atoms with E-state index in [1.54, 1.807) is 19.2 Å². The smallest absolute Gasteiger partial charge is 0.264 e. The molecule has 0 atom stereocenters. The average Bonchev–Trinajstić information content (AvgIpc) is 2.89. The molecule has 8 nitrogen and oxygen atoms in total. The van der Waals surface area contributed by atoms with Crippen LogP contribution in [0.4, 0.5) is 5.69 Å². The first-order valence-corrected chi connectivity index (χ1v) is 14.1. The number of carbonyl (C=O) groups is 1. The molecule has 0 aliphatic carbocycles. The van der Waals surface area contributed by atoms with Crippen molar-refractivity contribution in [2.45, 2.75) is 13.5 Å². The average molecular weight is 524 g/mol. The number of rotatable bonds is 9. The lowest BCUT2D eigenvalue weighted by Gasteiger charge is -2.36. The standard InChI is InChI=1S/C28H33N3O5S/c1-4-36-26-7-5-6-22(18-26)23-8-9-24(27(19-23)35-2)20-30-14-16-31(17-15-30)25-12-10-21(11-13-25)28(32)29-37(3,33)34/h5-13,18-19H,4,14-17,20H2,1-3H3,(H,29,32). The van der Waals surface area contributed by atoms with Crippen molar-refractivity contribution in [3.63, 3.8) is 0 Å². The molecule has 0 aromatic heterocycles. The monoisotopic (exact) mass is 523 g/mol. The second-order valence-corrected chi connectivity index (χ2v) is 10.7. The van der Waals surface area contributed by atoms with E-state index in [2.05, 4.69) is 34.1 Å². The van der Waals surface area contributed by atoms with Gasteiger partial charge in [-0.05, 0) is 60.5 Å². The molecule has 3 aromatic carbocycles. The quantitative estimate of drug-likeness (QED) is 0.457. The Labute approximate surface area is 218 Å². The van der Waals surface area contributed by atoms with Crippen LogP contribution in [0, 0.1) is 0 Å². The lowest BCUT2D eigenvalue weighted by molar-refractivity contribution is 0.0981. The van der Waals surface area contributed by atoms with Gasteiger partial charge in [0.1, 0.15) is 11.5 Å². The summed E-state index contributed by atoms with van der Waals surface area (Å²) in [5, 5.41) is 0. The third-order valence-corrected chi connectivity index (χ3v) is 6.86. The summed E-state index contributed by atoms with van der Waals surface area (Å²) in [6.07, 6.45) is 0.963. The van der Waals surface area contributed by atoms with Crippen LogP contribution in [0.5, 0.6) is 11.5 Å². The molecule has 4 rings (SSSR count). The molecule has 196 valence electrons. The summed E-state index contributed by atoms with van der Waals surface area (Å²) in [6.45, 7) is 6.87. The molecular weight excluding hydrogens is 490 g/mol. The number of methoxy groups -OCH3 is 1. The Kier molecular flexibility index (Phi) is 8.35. The van der Waals surface area contributed by atoms with Gasteiger partial charge in [0.2, 0.25) is 10.0 Å². The maximum atomic E-state index is 12.0. The summed E-state index contributed by atoms with van der Waals surface area (Å²) in [5.41, 5.74) is 4.63. The number of anilines is 1. The fourth-order valence-electron chi connectivity index (χ4n) is 4.44. The number of carbonyl (C=O) groups excluding carboxylic acids is 1. The Morgan fingerprint density at radius 2 is 1.65 bits per heavy atom. The van der Waals surface area contributed by atoms with Gasteiger partial charge in [-0.2, -0.15) is 0 Å². The van der Waals surface area contributed by atoms with Crippen LogP contribution in [-0.4, -0.2) is 65.4 Å². The minimum atomic E-state index is -3.59. The van der Waals surface area contributed by atoms with Crippen LogP contribution in [0.1, 0.15) is 22.8 Å². The van der Waals surface area contributed by atoms with Crippen molar-refractivity contribution in [3.05, 3.63) is 77.9 Å². The molecule has 1 N–H and O–H groups in total. The van der Waals surface area contributed by atoms with Gasteiger partial charge in [0.15, 0.2) is 0 Å². The van der Waals surface area contributed by atoms with E-state index in [1.807, 2.05) is 42.0 Å². The Morgan fingerprint density at radius 3 is 2.30 bits per heavy atom. The fourth-order valence-corrected chi connectivity index (χ4v) is 4.90. The van der Waals surface area contributed by atoms with Gasteiger partial charge in [-0.15, -0.1) is 0 Å². The minimum absolute atomic E-state index is 0.313. The molecule has 0 saturated carbocycles. The summed E-state index contributed by atoms with van der Waals surface area (Å²) in [5.74, 6) is 1.10. The van der Waals surface area contributed by atoms with E-state index in [9.17, 15) is 13.2 Å². The lowest BCUT2D eigenvalue weighted by atomic mass is 10.0. The predicted molar refractivity (Wildman–Crippen MR) is 146 cm³/mol. The van der Waals surface area contributed by atoms with Crippen molar-refractivity contribution >= 4 is 21.6 Å². The van der Waals surface area contributed by atoms with Gasteiger partial charge < -0.3 is 14.4 Å². The van der Waals surface area contributed by atoms with Crippen LogP contribution in [0.25, 0.3) is 11.1 Å². The Morgan fingerprint density at radius 1 is 0.946 bits per heavy atom. The third-order valence-electron chi connectivity index (χ3n) is 6.30. The number of amides is 1. The van der Waals surface area contributed by atoms with Crippen molar-refractivity contribution in [2.75, 3.05) is 51.1 Å². The number of nitrogens with zero attached hydrogens (tertiary/aromatic N) is 2. The highest BCUT2D eigenvalue weighted by Gasteiger charge is 2.20. The molecule has 1 aliphatic heterocycles. The van der Waals surface area contributed by atoms with Gasteiger partial charge in [-0.25, -0.2) is 13.1 Å². The third kappa shape index (κ3) is 7.02. The van der Waals surface area contributed by atoms with E-state index < -0.39 is 15.9 Å². The summed E-state index contributed by atoms with van der Waals surface area (Å²) in [4.78, 5) is 16.7. The molecule has 1 saturated heterocycles. The van der Waals surface area contributed by atoms with Crippen molar-refractivity contribution in [2.24, 2.45) is 0 Å². The number of nitrogens with one attached hydrogen (secondary N) is 1. The maximum absolute atomic E-state index is 12.0. The van der Waals surface area contributed by atoms with E-state index in [4.69, 9.17) is 9.47 Å². The van der Waals surface area contributed by atoms with Crippen LogP contribution >= 0.6 is 0 Å². The van der Waals surface area contributed by atoms with E-state index >= 15 is 0 Å². The number of hydrogen-bond acceptors (Lipinski definition) is 7. The summed E-state index contributed by atoms with van der Waals surface area (Å²) in [7, 11) is -1.88. The minimum Gasteiger partial charge on any atom is -0.496 e. The highest BCUT2D eigenvalue weighted by molar-refractivity contribution is 7.89. The van der Waals surface area contributed by atoms with Gasteiger partial charge in [0, 0.05) is 49.5 Å². The molecule has 0 unspecified atom stereocenters. The molecule has 37 heavy (non-hydrogen) atoms. The first-order chi connectivity index (χ1) is 17.8. The lowest BCUT2D eigenvalue weighted by Crippen LogP contribution is -2.46. The van der Waals surface area contributed by atoms with Crippen LogP contribution < -0.4 is 19.1 Å². The van der Waals surface area contributed by atoms with E-state index in [1.165, 1.54) is 0 Å². The summed E-state index contributed by atoms with van der Waals surface area (Å²) in [6, 6.07) is 21.4. The topological polar surface area (TPSA) is 88.2 Å². The largest absolute Gasteiger partial charge is 0.496 e. The van der Waals surface area contributed by atoms with Gasteiger partial charge >= 0.3 is 0 Å².